The van der Waals surface area contributed by atoms with E-state index in [4.69, 9.17) is 4.74 Å². The van der Waals surface area contributed by atoms with Gasteiger partial charge in [0.25, 0.3) is 5.91 Å². The van der Waals surface area contributed by atoms with Crippen LogP contribution in [0.5, 0.6) is 0 Å². The largest absolute Gasteiger partial charge is 0.452 e. The molecule has 23 heavy (non-hydrogen) atoms. The van der Waals surface area contributed by atoms with Crippen LogP contribution in [0.1, 0.15) is 37.7 Å². The van der Waals surface area contributed by atoms with Gasteiger partial charge in [0.05, 0.1) is 0 Å². The third kappa shape index (κ3) is 6.99. The molecule has 1 aromatic rings. The van der Waals surface area contributed by atoms with Gasteiger partial charge in [-0.1, -0.05) is 47.3 Å². The smallest absolute Gasteiger partial charge is 0.331 e. The first kappa shape index (κ1) is 17.7. The first-order chi connectivity index (χ1) is 11.1. The molecular formula is C18H22BrNO3. The van der Waals surface area contributed by atoms with Crippen molar-refractivity contribution in [3.8, 4) is 0 Å². The van der Waals surface area contributed by atoms with Gasteiger partial charge in [0.1, 0.15) is 0 Å². The molecule has 0 aliphatic heterocycles. The molecule has 1 aliphatic carbocycles. The fourth-order valence-corrected chi connectivity index (χ4v) is 3.08. The molecule has 0 radical (unpaired) electrons. The van der Waals surface area contributed by atoms with Crippen molar-refractivity contribution in [1.82, 2.24) is 5.32 Å². The number of benzene rings is 1. The molecule has 1 N–H and O–H groups in total. The number of ether oxygens (including phenoxy) is 1. The maximum atomic E-state index is 11.7. The summed E-state index contributed by atoms with van der Waals surface area (Å²) in [6.07, 6.45) is 9.13. The van der Waals surface area contributed by atoms with Gasteiger partial charge in [-0.2, -0.15) is 0 Å². The van der Waals surface area contributed by atoms with Crippen LogP contribution in [0, 0.1) is 5.92 Å². The minimum atomic E-state index is -0.516. The second-order valence-electron chi connectivity index (χ2n) is 5.80. The van der Waals surface area contributed by atoms with Gasteiger partial charge in [0, 0.05) is 17.1 Å². The molecule has 1 amide bonds. The summed E-state index contributed by atoms with van der Waals surface area (Å²) in [5, 5.41) is 2.84. The Bertz CT molecular complexity index is 565. The van der Waals surface area contributed by atoms with Gasteiger partial charge in [-0.05, 0) is 42.5 Å². The Morgan fingerprint density at radius 2 is 2.04 bits per heavy atom. The average molecular weight is 380 g/mol. The second-order valence-corrected chi connectivity index (χ2v) is 6.72. The van der Waals surface area contributed by atoms with Crippen molar-refractivity contribution < 1.29 is 14.3 Å². The number of nitrogens with one attached hydrogen (secondary N) is 1. The van der Waals surface area contributed by atoms with E-state index in [1.165, 1.54) is 38.2 Å². The molecule has 5 heteroatoms. The van der Waals surface area contributed by atoms with Crippen LogP contribution in [-0.2, 0) is 14.3 Å². The summed E-state index contributed by atoms with van der Waals surface area (Å²) in [5.74, 6) is -0.183. The zero-order chi connectivity index (χ0) is 16.5. The zero-order valence-corrected chi connectivity index (χ0v) is 14.7. The van der Waals surface area contributed by atoms with Gasteiger partial charge in [-0.25, -0.2) is 4.79 Å². The number of halogens is 1. The van der Waals surface area contributed by atoms with Gasteiger partial charge in [-0.3, -0.25) is 4.79 Å². The first-order valence-electron chi connectivity index (χ1n) is 8.00. The van der Waals surface area contributed by atoms with Gasteiger partial charge in [0.2, 0.25) is 0 Å². The monoisotopic (exact) mass is 379 g/mol. The second kappa shape index (κ2) is 9.50. The van der Waals surface area contributed by atoms with E-state index in [0.717, 1.165) is 10.0 Å². The number of hydrogen-bond donors (Lipinski definition) is 1. The van der Waals surface area contributed by atoms with E-state index in [-0.39, 0.29) is 12.5 Å². The van der Waals surface area contributed by atoms with E-state index in [0.29, 0.717) is 12.5 Å². The van der Waals surface area contributed by atoms with Crippen molar-refractivity contribution >= 4 is 33.9 Å². The highest BCUT2D eigenvalue weighted by Crippen LogP contribution is 2.22. The number of carbonyl (C=O) groups is 2. The minimum absolute atomic E-state index is 0.228. The normalized spacial score (nSPS) is 15.5. The van der Waals surface area contributed by atoms with Crippen molar-refractivity contribution in [2.24, 2.45) is 5.92 Å². The van der Waals surface area contributed by atoms with E-state index < -0.39 is 5.97 Å². The van der Waals surface area contributed by atoms with Crippen molar-refractivity contribution in [2.75, 3.05) is 13.2 Å². The molecule has 0 heterocycles. The lowest BCUT2D eigenvalue weighted by molar-refractivity contribution is -0.143. The predicted octanol–water partition coefficient (Wildman–Crippen LogP) is 3.70. The summed E-state index contributed by atoms with van der Waals surface area (Å²) in [4.78, 5) is 23.3. The lowest BCUT2D eigenvalue weighted by Gasteiger charge is -2.21. The Balaban J connectivity index is 1.66. The van der Waals surface area contributed by atoms with Crippen molar-refractivity contribution in [2.45, 2.75) is 32.1 Å². The molecular weight excluding hydrogens is 358 g/mol. The SMILES string of the molecule is O=C(COC(=O)/C=C/c1cccc(Br)c1)NCC1CCCCC1. The van der Waals surface area contributed by atoms with Crippen LogP contribution in [0.15, 0.2) is 34.8 Å². The van der Waals surface area contributed by atoms with E-state index in [2.05, 4.69) is 21.2 Å². The maximum Gasteiger partial charge on any atom is 0.331 e. The molecule has 0 saturated heterocycles. The summed E-state index contributed by atoms with van der Waals surface area (Å²) < 4.78 is 5.89. The molecule has 0 spiro atoms. The van der Waals surface area contributed by atoms with Crippen LogP contribution < -0.4 is 5.32 Å². The highest BCUT2D eigenvalue weighted by Gasteiger charge is 2.14. The summed E-state index contributed by atoms with van der Waals surface area (Å²) in [7, 11) is 0. The molecule has 1 fully saturated rings. The summed E-state index contributed by atoms with van der Waals surface area (Å²) in [5.41, 5.74) is 0.887. The molecule has 4 nitrogen and oxygen atoms in total. The number of carbonyl (C=O) groups excluding carboxylic acids is 2. The molecule has 2 rings (SSSR count). The first-order valence-corrected chi connectivity index (χ1v) is 8.80. The number of amides is 1. The molecule has 124 valence electrons. The Morgan fingerprint density at radius 3 is 2.78 bits per heavy atom. The fraction of sp³-hybridized carbons (Fsp3) is 0.444. The topological polar surface area (TPSA) is 55.4 Å². The van der Waals surface area contributed by atoms with Gasteiger partial charge < -0.3 is 10.1 Å². The van der Waals surface area contributed by atoms with Crippen molar-refractivity contribution in [3.05, 3.63) is 40.4 Å². The predicted molar refractivity (Wildman–Crippen MR) is 93.7 cm³/mol. The molecule has 1 aliphatic rings. The molecule has 0 bridgehead atoms. The van der Waals surface area contributed by atoms with Crippen LogP contribution in [-0.4, -0.2) is 25.0 Å². The Labute approximate surface area is 145 Å². The average Bonchev–Trinajstić information content (AvgIpc) is 2.57. The van der Waals surface area contributed by atoms with E-state index in [1.807, 2.05) is 24.3 Å². The molecule has 0 unspecified atom stereocenters. The van der Waals surface area contributed by atoms with Crippen molar-refractivity contribution in [3.63, 3.8) is 0 Å². The molecule has 0 atom stereocenters. The van der Waals surface area contributed by atoms with Crippen molar-refractivity contribution in [1.29, 1.82) is 0 Å². The molecule has 1 saturated carbocycles. The maximum absolute atomic E-state index is 11.7. The lowest BCUT2D eigenvalue weighted by Crippen LogP contribution is -2.33. The van der Waals surface area contributed by atoms with E-state index >= 15 is 0 Å². The number of esters is 1. The van der Waals surface area contributed by atoms with E-state index in [1.54, 1.807) is 6.08 Å². The zero-order valence-electron chi connectivity index (χ0n) is 13.1. The van der Waals surface area contributed by atoms with Crippen LogP contribution >= 0.6 is 15.9 Å². The lowest BCUT2D eigenvalue weighted by atomic mass is 9.89. The highest BCUT2D eigenvalue weighted by atomic mass is 79.9. The Hall–Kier alpha value is -1.62. The summed E-state index contributed by atoms with van der Waals surface area (Å²) >= 11 is 3.37. The van der Waals surface area contributed by atoms with Gasteiger partial charge >= 0.3 is 5.97 Å². The fourth-order valence-electron chi connectivity index (χ4n) is 2.66. The summed E-state index contributed by atoms with van der Waals surface area (Å²) in [6.45, 7) is 0.457. The molecule has 0 aromatic heterocycles. The van der Waals surface area contributed by atoms with Crippen LogP contribution in [0.4, 0.5) is 0 Å². The van der Waals surface area contributed by atoms with Gasteiger partial charge in [0.15, 0.2) is 6.61 Å². The standard InChI is InChI=1S/C18H22BrNO3/c19-16-8-4-7-14(11-16)9-10-18(22)23-13-17(21)20-12-15-5-2-1-3-6-15/h4,7-11,15H,1-3,5-6,12-13H2,(H,20,21)/b10-9+. The molecule has 1 aromatic carbocycles. The van der Waals surface area contributed by atoms with Gasteiger partial charge in [-0.15, -0.1) is 0 Å². The number of rotatable bonds is 6. The van der Waals surface area contributed by atoms with E-state index in [9.17, 15) is 9.59 Å². The quantitative estimate of drug-likeness (QED) is 0.605. The Kier molecular flexibility index (Phi) is 7.33. The minimum Gasteiger partial charge on any atom is -0.452 e. The highest BCUT2D eigenvalue weighted by molar-refractivity contribution is 9.10. The summed E-state index contributed by atoms with van der Waals surface area (Å²) in [6, 6.07) is 7.56. The van der Waals surface area contributed by atoms with Crippen LogP contribution in [0.3, 0.4) is 0 Å². The van der Waals surface area contributed by atoms with Crippen LogP contribution in [0.25, 0.3) is 6.08 Å². The number of hydrogen-bond acceptors (Lipinski definition) is 3. The van der Waals surface area contributed by atoms with Crippen LogP contribution in [0.2, 0.25) is 0 Å². The third-order valence-electron chi connectivity index (χ3n) is 3.92. The Morgan fingerprint density at radius 1 is 1.26 bits per heavy atom. The third-order valence-corrected chi connectivity index (χ3v) is 4.41.